The first-order valence-corrected chi connectivity index (χ1v) is 12.4. The molecule has 2 aliphatic rings. The molecule has 2 aliphatic heterocycles. The molecule has 0 saturated carbocycles. The average Bonchev–Trinajstić information content (AvgIpc) is 3.56. The minimum atomic E-state index is -1.45. The molecule has 2 atom stereocenters. The van der Waals surface area contributed by atoms with Gasteiger partial charge in [0.1, 0.15) is 23.7 Å². The monoisotopic (exact) mass is 538 g/mol. The molecule has 182 valence electrons. The molecule has 0 aromatic carbocycles. The number of aliphatic carboxylic acids is 1. The minimum absolute atomic E-state index is 0. The third-order valence-corrected chi connectivity index (χ3v) is 7.48. The maximum absolute atomic E-state index is 13.0. The zero-order chi connectivity index (χ0) is 24.7. The number of hydrogen-bond donors (Lipinski definition) is 2. The zero-order valence-corrected chi connectivity index (χ0v) is 22.9. The summed E-state index contributed by atoms with van der Waals surface area (Å²) in [6, 6.07) is 0.855. The number of carboxylic acids is 1. The Morgan fingerprint density at radius 2 is 2.19 bits per heavy atom. The number of nitrogens with two attached hydrogens (primary N) is 1. The number of fused-ring (bicyclic) bond motifs is 2. The molecular formula is C20H19N8NaO5S2. The van der Waals surface area contributed by atoms with Crippen LogP contribution in [0, 0.1) is 0 Å². The number of thiazole rings is 1. The van der Waals surface area contributed by atoms with Crippen LogP contribution in [0.15, 0.2) is 46.5 Å². The minimum Gasteiger partial charge on any atom is -0.543 e. The van der Waals surface area contributed by atoms with Crippen molar-refractivity contribution < 1.29 is 53.9 Å². The van der Waals surface area contributed by atoms with Crippen LogP contribution in [0.1, 0.15) is 12.6 Å². The standard InChI is InChI=1S/C20H20N8O5S2.Na/c1-2-33-25-13(11-9-35-20(21)23-11)16(29)24-14-17(30)28-15(19(31)32)10(8-34-18(14)28)7-26-5-3-12-22-4-6-27(12)26;/h3-6,9,14,18H,2,7-8H2,1H3,(H2,21,23)(H,24,29)(H,31,32);/q;+1/p-1/b25-13+;/t14-,18-;/m1./s1. The summed E-state index contributed by atoms with van der Waals surface area (Å²) in [6.07, 6.45) is 5.18. The maximum atomic E-state index is 13.0. The molecule has 2 amide bonds. The largest absolute Gasteiger partial charge is 1.00 e. The molecule has 0 bridgehead atoms. The second kappa shape index (κ2) is 10.6. The van der Waals surface area contributed by atoms with Crippen molar-refractivity contribution in [2.75, 3.05) is 18.1 Å². The van der Waals surface area contributed by atoms with E-state index in [0.29, 0.717) is 11.3 Å². The Kier molecular flexibility index (Phi) is 7.75. The fourth-order valence-electron chi connectivity index (χ4n) is 3.93. The summed E-state index contributed by atoms with van der Waals surface area (Å²) in [5, 5.41) is 19.7. The molecule has 1 saturated heterocycles. The number of nitrogen functional groups attached to an aromatic ring is 1. The van der Waals surface area contributed by atoms with E-state index in [-0.39, 0.29) is 64.9 Å². The Labute approximate surface area is 234 Å². The maximum Gasteiger partial charge on any atom is 1.00 e. The van der Waals surface area contributed by atoms with Crippen LogP contribution < -0.4 is 45.7 Å². The Hall–Kier alpha value is -2.85. The first-order chi connectivity index (χ1) is 16.9. The molecule has 5 rings (SSSR count). The van der Waals surface area contributed by atoms with Crippen molar-refractivity contribution in [3.63, 3.8) is 0 Å². The predicted octanol–water partition coefficient (Wildman–Crippen LogP) is -3.98. The zero-order valence-electron chi connectivity index (χ0n) is 19.3. The van der Waals surface area contributed by atoms with Crippen LogP contribution in [-0.2, 0) is 25.8 Å². The second-order valence-electron chi connectivity index (χ2n) is 7.57. The molecule has 3 N–H and O–H groups in total. The second-order valence-corrected chi connectivity index (χ2v) is 9.57. The van der Waals surface area contributed by atoms with Crippen molar-refractivity contribution in [1.82, 2.24) is 29.4 Å². The van der Waals surface area contributed by atoms with Crippen molar-refractivity contribution in [2.45, 2.75) is 24.9 Å². The van der Waals surface area contributed by atoms with Gasteiger partial charge in [-0.25, -0.2) is 14.5 Å². The van der Waals surface area contributed by atoms with Gasteiger partial charge < -0.3 is 25.8 Å². The number of carboxylic acid groups (broad SMARTS) is 1. The van der Waals surface area contributed by atoms with Gasteiger partial charge in [0.25, 0.3) is 11.8 Å². The van der Waals surface area contributed by atoms with Gasteiger partial charge in [-0.3, -0.25) is 19.2 Å². The Bertz CT molecular complexity index is 1400. The summed E-state index contributed by atoms with van der Waals surface area (Å²) in [5.41, 5.74) is 6.82. The average molecular weight is 539 g/mol. The third-order valence-electron chi connectivity index (χ3n) is 5.47. The van der Waals surface area contributed by atoms with Crippen LogP contribution in [0.3, 0.4) is 0 Å². The van der Waals surface area contributed by atoms with Gasteiger partial charge in [0.15, 0.2) is 16.5 Å². The van der Waals surface area contributed by atoms with Gasteiger partial charge in [0, 0.05) is 35.8 Å². The molecule has 13 nitrogen and oxygen atoms in total. The molecular weight excluding hydrogens is 519 g/mol. The molecule has 3 aromatic rings. The van der Waals surface area contributed by atoms with E-state index in [1.54, 1.807) is 46.2 Å². The molecule has 3 aromatic heterocycles. The first kappa shape index (κ1) is 26.2. The number of β-lactam (4-membered cyclic amide) rings is 1. The van der Waals surface area contributed by atoms with Gasteiger partial charge in [-0.1, -0.05) is 5.16 Å². The molecule has 16 heteroatoms. The topological polar surface area (TPSA) is 172 Å². The summed E-state index contributed by atoms with van der Waals surface area (Å²) in [7, 11) is 0. The fourth-order valence-corrected chi connectivity index (χ4v) is 5.81. The smallest absolute Gasteiger partial charge is 0.543 e. The third kappa shape index (κ3) is 4.64. The van der Waals surface area contributed by atoms with E-state index in [0.717, 1.165) is 17.0 Å². The van der Waals surface area contributed by atoms with E-state index in [4.69, 9.17) is 10.6 Å². The number of imidazole rings is 1. The van der Waals surface area contributed by atoms with E-state index in [9.17, 15) is 19.5 Å². The van der Waals surface area contributed by atoms with E-state index in [1.165, 1.54) is 16.7 Å². The quantitative estimate of drug-likeness (QED) is 0.126. The summed E-state index contributed by atoms with van der Waals surface area (Å²) in [5.74, 6) is -2.35. The van der Waals surface area contributed by atoms with Crippen LogP contribution in [0.25, 0.3) is 5.65 Å². The molecule has 0 unspecified atom stereocenters. The van der Waals surface area contributed by atoms with Gasteiger partial charge in [0.2, 0.25) is 0 Å². The number of nitrogens with one attached hydrogen (secondary N) is 1. The van der Waals surface area contributed by atoms with Gasteiger partial charge in [-0.2, -0.15) is 0 Å². The molecule has 0 aliphatic carbocycles. The number of thioether (sulfide) groups is 1. The molecule has 1 fully saturated rings. The number of nitrogens with zero attached hydrogens (tertiary/aromatic N) is 6. The van der Waals surface area contributed by atoms with Gasteiger partial charge in [0.05, 0.1) is 18.2 Å². The summed E-state index contributed by atoms with van der Waals surface area (Å²) < 4.78 is 3.57. The Morgan fingerprint density at radius 1 is 1.39 bits per heavy atom. The molecule has 0 radical (unpaired) electrons. The number of carbonyl (C=O) groups excluding carboxylic acids is 3. The predicted molar refractivity (Wildman–Crippen MR) is 125 cm³/mol. The van der Waals surface area contributed by atoms with E-state index in [1.807, 2.05) is 0 Å². The van der Waals surface area contributed by atoms with Crippen LogP contribution in [0.5, 0.6) is 0 Å². The van der Waals surface area contributed by atoms with Crippen LogP contribution in [0.4, 0.5) is 5.13 Å². The van der Waals surface area contributed by atoms with Crippen LogP contribution >= 0.6 is 23.1 Å². The van der Waals surface area contributed by atoms with E-state index < -0.39 is 29.2 Å². The summed E-state index contributed by atoms with van der Waals surface area (Å²) in [6.45, 7) is 2.16. The van der Waals surface area contributed by atoms with E-state index >= 15 is 0 Å². The SMILES string of the molecule is CCO/N=C(/C(=O)N[C@@H]1C(=O)N2C(C(=O)[O-])=C(Cn3ccc4nccn43)CS[C@H]12)c1csc(N)n1.[Na+]. The van der Waals surface area contributed by atoms with Crippen molar-refractivity contribution in [2.24, 2.45) is 5.16 Å². The number of aromatic nitrogens is 4. The first-order valence-electron chi connectivity index (χ1n) is 10.5. The van der Waals surface area contributed by atoms with E-state index in [2.05, 4.69) is 20.4 Å². The number of carbonyl (C=O) groups is 3. The Morgan fingerprint density at radius 3 is 2.89 bits per heavy atom. The molecule has 5 heterocycles. The summed E-state index contributed by atoms with van der Waals surface area (Å²) >= 11 is 2.49. The van der Waals surface area contributed by atoms with Crippen molar-refractivity contribution in [1.29, 1.82) is 0 Å². The normalized spacial score (nSPS) is 19.5. The van der Waals surface area contributed by atoms with Crippen molar-refractivity contribution in [3.05, 3.63) is 47.0 Å². The number of hydrogen-bond acceptors (Lipinski definition) is 11. The van der Waals surface area contributed by atoms with Gasteiger partial charge in [-0.05, 0) is 12.5 Å². The van der Waals surface area contributed by atoms with Crippen molar-refractivity contribution >= 4 is 57.4 Å². The van der Waals surface area contributed by atoms with Crippen LogP contribution in [0.2, 0.25) is 0 Å². The fraction of sp³-hybridized carbons (Fsp3) is 0.300. The number of amides is 2. The summed E-state index contributed by atoms with van der Waals surface area (Å²) in [4.78, 5) is 52.4. The Balaban J connectivity index is 0.00000304. The molecule has 0 spiro atoms. The number of oxime groups is 1. The number of anilines is 1. The van der Waals surface area contributed by atoms with Crippen molar-refractivity contribution in [3.8, 4) is 0 Å². The number of rotatable bonds is 8. The van der Waals surface area contributed by atoms with Gasteiger partial charge in [-0.15, -0.1) is 23.1 Å². The molecule has 36 heavy (non-hydrogen) atoms. The van der Waals surface area contributed by atoms with Gasteiger partial charge >= 0.3 is 29.6 Å². The van der Waals surface area contributed by atoms with Crippen LogP contribution in [-0.4, -0.2) is 71.3 Å².